The molecular weight excluding hydrogens is 214 g/mol. The van der Waals surface area contributed by atoms with Crippen LogP contribution in [0.2, 0.25) is 0 Å². The van der Waals surface area contributed by atoms with Crippen LogP contribution < -0.4 is 5.56 Å². The molecule has 2 aromatic rings. The Balaban J connectivity index is 2.60. The molecule has 2 rings (SSSR count). The monoisotopic (exact) mass is 229 g/mol. The van der Waals surface area contributed by atoms with Crippen LogP contribution >= 0.6 is 0 Å². The highest BCUT2D eigenvalue weighted by atomic mass is 16.1. The van der Waals surface area contributed by atoms with Crippen molar-refractivity contribution in [3.8, 4) is 11.4 Å². The van der Waals surface area contributed by atoms with Crippen LogP contribution in [0, 0.1) is 6.92 Å². The molecule has 0 spiro atoms. The maximum atomic E-state index is 11.6. The molecule has 0 aliphatic carbocycles. The summed E-state index contributed by atoms with van der Waals surface area (Å²) in [6.07, 6.45) is 3.46. The molecule has 4 heteroatoms. The Hall–Kier alpha value is -1.97. The van der Waals surface area contributed by atoms with Crippen LogP contribution in [0.4, 0.5) is 0 Å². The van der Waals surface area contributed by atoms with Gasteiger partial charge >= 0.3 is 0 Å². The molecule has 2 heterocycles. The molecule has 0 atom stereocenters. The number of nitrogens with zero attached hydrogens (tertiary/aromatic N) is 2. The minimum absolute atomic E-state index is 0.116. The second-order valence-corrected chi connectivity index (χ2v) is 4.36. The van der Waals surface area contributed by atoms with Crippen molar-refractivity contribution in [3.05, 3.63) is 46.1 Å². The zero-order chi connectivity index (χ0) is 12.4. The van der Waals surface area contributed by atoms with Crippen molar-refractivity contribution in [2.24, 2.45) is 0 Å². The van der Waals surface area contributed by atoms with Crippen LogP contribution in [0.25, 0.3) is 11.4 Å². The molecule has 4 nitrogen and oxygen atoms in total. The SMILES string of the molecule is Cc1cnccc1-c1nc(C(C)C)cc(=O)[nH]1. The van der Waals surface area contributed by atoms with Gasteiger partial charge < -0.3 is 4.98 Å². The standard InChI is InChI=1S/C13H15N3O/c1-8(2)11-6-12(17)16-13(15-11)10-4-5-14-7-9(10)3/h4-8H,1-3H3,(H,15,16,17). The van der Waals surface area contributed by atoms with Crippen molar-refractivity contribution >= 4 is 0 Å². The lowest BCUT2D eigenvalue weighted by molar-refractivity contribution is 0.812. The Morgan fingerprint density at radius 3 is 2.76 bits per heavy atom. The molecule has 0 saturated heterocycles. The second-order valence-electron chi connectivity index (χ2n) is 4.36. The molecule has 0 amide bonds. The van der Waals surface area contributed by atoms with Crippen LogP contribution in [0.15, 0.2) is 29.3 Å². The fraction of sp³-hybridized carbons (Fsp3) is 0.308. The largest absolute Gasteiger partial charge is 0.307 e. The first-order valence-electron chi connectivity index (χ1n) is 5.60. The summed E-state index contributed by atoms with van der Waals surface area (Å²) in [5.74, 6) is 0.847. The van der Waals surface area contributed by atoms with Gasteiger partial charge in [-0.3, -0.25) is 9.78 Å². The smallest absolute Gasteiger partial charge is 0.251 e. The molecule has 0 fully saturated rings. The first-order valence-corrected chi connectivity index (χ1v) is 5.60. The van der Waals surface area contributed by atoms with Gasteiger partial charge in [-0.05, 0) is 24.5 Å². The molecule has 0 bridgehead atoms. The van der Waals surface area contributed by atoms with E-state index in [2.05, 4.69) is 15.0 Å². The second kappa shape index (κ2) is 4.49. The zero-order valence-corrected chi connectivity index (χ0v) is 10.2. The van der Waals surface area contributed by atoms with Crippen molar-refractivity contribution in [2.45, 2.75) is 26.7 Å². The van der Waals surface area contributed by atoms with Gasteiger partial charge in [-0.2, -0.15) is 0 Å². The van der Waals surface area contributed by atoms with Crippen molar-refractivity contribution in [1.82, 2.24) is 15.0 Å². The Bertz CT molecular complexity index is 587. The highest BCUT2D eigenvalue weighted by Gasteiger charge is 2.08. The van der Waals surface area contributed by atoms with Crippen molar-refractivity contribution in [1.29, 1.82) is 0 Å². The molecule has 0 unspecified atom stereocenters. The first kappa shape index (κ1) is 11.5. The molecule has 0 radical (unpaired) electrons. The third kappa shape index (κ3) is 2.41. The van der Waals surface area contributed by atoms with E-state index >= 15 is 0 Å². The maximum Gasteiger partial charge on any atom is 0.251 e. The van der Waals surface area contributed by atoms with Crippen LogP contribution in [-0.4, -0.2) is 15.0 Å². The Labute approximate surface area is 99.8 Å². The summed E-state index contributed by atoms with van der Waals surface area (Å²) in [5, 5.41) is 0. The van der Waals surface area contributed by atoms with E-state index < -0.39 is 0 Å². The quantitative estimate of drug-likeness (QED) is 0.859. The number of hydrogen-bond acceptors (Lipinski definition) is 3. The van der Waals surface area contributed by atoms with Crippen LogP contribution in [0.3, 0.4) is 0 Å². The predicted octanol–water partition coefficient (Wildman–Crippen LogP) is 2.26. The van der Waals surface area contributed by atoms with Crippen molar-refractivity contribution in [3.63, 3.8) is 0 Å². The molecule has 0 aliphatic heterocycles. The van der Waals surface area contributed by atoms with Crippen molar-refractivity contribution in [2.75, 3.05) is 0 Å². The van der Waals surface area contributed by atoms with E-state index in [0.29, 0.717) is 5.82 Å². The van der Waals surface area contributed by atoms with Gasteiger partial charge in [0.05, 0.1) is 5.69 Å². The number of hydrogen-bond donors (Lipinski definition) is 1. The van der Waals surface area contributed by atoms with E-state index in [-0.39, 0.29) is 11.5 Å². The highest BCUT2D eigenvalue weighted by molar-refractivity contribution is 5.58. The topological polar surface area (TPSA) is 58.6 Å². The van der Waals surface area contributed by atoms with Gasteiger partial charge in [-0.15, -0.1) is 0 Å². The van der Waals surface area contributed by atoms with E-state index in [1.165, 1.54) is 0 Å². The molecular formula is C13H15N3O. The average Bonchev–Trinajstić information content (AvgIpc) is 2.28. The maximum absolute atomic E-state index is 11.6. The summed E-state index contributed by atoms with van der Waals surface area (Å²) >= 11 is 0. The molecule has 88 valence electrons. The summed E-state index contributed by atoms with van der Waals surface area (Å²) in [7, 11) is 0. The number of aromatic amines is 1. The first-order chi connectivity index (χ1) is 8.08. The minimum Gasteiger partial charge on any atom is -0.307 e. The van der Waals surface area contributed by atoms with Gasteiger partial charge in [0.25, 0.3) is 5.56 Å². The van der Waals surface area contributed by atoms with Crippen molar-refractivity contribution < 1.29 is 0 Å². The molecule has 0 aliphatic rings. The third-order valence-corrected chi connectivity index (χ3v) is 2.63. The van der Waals surface area contributed by atoms with Gasteiger partial charge in [0.15, 0.2) is 0 Å². The molecule has 17 heavy (non-hydrogen) atoms. The summed E-state index contributed by atoms with van der Waals surface area (Å²) < 4.78 is 0. The number of aryl methyl sites for hydroxylation is 1. The molecule has 0 saturated carbocycles. The minimum atomic E-state index is -0.116. The Morgan fingerprint density at radius 2 is 2.12 bits per heavy atom. The zero-order valence-electron chi connectivity index (χ0n) is 10.2. The molecule has 2 aromatic heterocycles. The van der Waals surface area contributed by atoms with Gasteiger partial charge in [0.2, 0.25) is 0 Å². The normalized spacial score (nSPS) is 10.8. The highest BCUT2D eigenvalue weighted by Crippen LogP contribution is 2.19. The summed E-state index contributed by atoms with van der Waals surface area (Å²) in [5.41, 5.74) is 2.60. The predicted molar refractivity (Wildman–Crippen MR) is 66.9 cm³/mol. The lowest BCUT2D eigenvalue weighted by atomic mass is 10.1. The lowest BCUT2D eigenvalue weighted by Crippen LogP contribution is -2.11. The van der Waals surface area contributed by atoms with Crippen LogP contribution in [0.1, 0.15) is 31.0 Å². The van der Waals surface area contributed by atoms with E-state index in [1.807, 2.05) is 26.8 Å². The number of aromatic nitrogens is 3. The van der Waals surface area contributed by atoms with E-state index in [1.54, 1.807) is 18.5 Å². The van der Waals surface area contributed by atoms with E-state index in [0.717, 1.165) is 16.8 Å². The van der Waals surface area contributed by atoms with Gasteiger partial charge in [0, 0.05) is 24.0 Å². The van der Waals surface area contributed by atoms with Gasteiger partial charge in [-0.1, -0.05) is 13.8 Å². The third-order valence-electron chi connectivity index (χ3n) is 2.63. The molecule has 1 N–H and O–H groups in total. The van der Waals surface area contributed by atoms with Gasteiger partial charge in [0.1, 0.15) is 5.82 Å². The Kier molecular flexibility index (Phi) is 3.04. The number of rotatable bonds is 2. The van der Waals surface area contributed by atoms with E-state index in [4.69, 9.17) is 0 Å². The van der Waals surface area contributed by atoms with Crippen LogP contribution in [0.5, 0.6) is 0 Å². The lowest BCUT2D eigenvalue weighted by Gasteiger charge is -2.08. The summed E-state index contributed by atoms with van der Waals surface area (Å²) in [6.45, 7) is 5.99. The number of pyridine rings is 1. The Morgan fingerprint density at radius 1 is 1.35 bits per heavy atom. The molecule has 0 aromatic carbocycles. The summed E-state index contributed by atoms with van der Waals surface area (Å²) in [4.78, 5) is 22.9. The number of H-pyrrole nitrogens is 1. The van der Waals surface area contributed by atoms with Crippen LogP contribution in [-0.2, 0) is 0 Å². The van der Waals surface area contributed by atoms with E-state index in [9.17, 15) is 4.79 Å². The fourth-order valence-electron chi connectivity index (χ4n) is 1.64. The van der Waals surface area contributed by atoms with Gasteiger partial charge in [-0.25, -0.2) is 4.98 Å². The average molecular weight is 229 g/mol. The number of nitrogens with one attached hydrogen (secondary N) is 1. The summed E-state index contributed by atoms with van der Waals surface area (Å²) in [6, 6.07) is 3.41. The fourth-order valence-corrected chi connectivity index (χ4v) is 1.64.